The van der Waals surface area contributed by atoms with Gasteiger partial charge >= 0.3 is 0 Å². The summed E-state index contributed by atoms with van der Waals surface area (Å²) in [6.07, 6.45) is 1.62. The Morgan fingerprint density at radius 3 is 1.10 bits per heavy atom. The normalized spacial score (nSPS) is 9.60. The molecule has 192 valence electrons. The largest absolute Gasteiger partial charge is 0.394 e. The number of aliphatic hydroxyl groups is 1. The van der Waals surface area contributed by atoms with Gasteiger partial charge in [-0.05, 0) is 34.1 Å². The first-order valence-electron chi connectivity index (χ1n) is 9.69. The van der Waals surface area contributed by atoms with Crippen LogP contribution in [0.1, 0.15) is 70.7 Å². The van der Waals surface area contributed by atoms with E-state index in [1.54, 1.807) is 0 Å². The Hall–Kier alpha value is -0.280. The molecule has 0 atom stereocenters. The van der Waals surface area contributed by atoms with Crippen molar-refractivity contribution in [2.75, 3.05) is 72.7 Å². The van der Waals surface area contributed by atoms with Crippen molar-refractivity contribution < 1.29 is 33.5 Å². The van der Waals surface area contributed by atoms with Crippen molar-refractivity contribution in [3.63, 3.8) is 0 Å². The predicted octanol–water partition coefficient (Wildman–Crippen LogP) is 4.84. The molecule has 0 rings (SSSR count). The highest BCUT2D eigenvalue weighted by atomic mass is 16.6. The molecule has 0 aromatic carbocycles. The van der Waals surface area contributed by atoms with Gasteiger partial charge in [-0.15, -0.1) is 0 Å². The SMILES string of the molecule is C.C.C.C.CC(C)OCCOCCOCCO.CCCOCCOCCOC(C)C. The van der Waals surface area contributed by atoms with Crippen molar-refractivity contribution in [1.29, 1.82) is 0 Å². The third-order valence-electron chi connectivity index (χ3n) is 2.69. The van der Waals surface area contributed by atoms with Gasteiger partial charge in [-0.2, -0.15) is 0 Å². The van der Waals surface area contributed by atoms with Crippen molar-refractivity contribution in [3.05, 3.63) is 0 Å². The average molecular weight is 447 g/mol. The fraction of sp³-hybridized carbons (Fsp3) is 1.00. The molecule has 0 unspecified atom stereocenters. The Bertz CT molecular complexity index is 216. The summed E-state index contributed by atoms with van der Waals surface area (Å²) in [6, 6.07) is 0. The molecule has 0 fully saturated rings. The van der Waals surface area contributed by atoms with E-state index in [1.165, 1.54) is 0 Å². The molecule has 0 aliphatic heterocycles. The zero-order chi connectivity index (χ0) is 19.9. The van der Waals surface area contributed by atoms with Gasteiger partial charge < -0.3 is 33.5 Å². The maximum Gasteiger partial charge on any atom is 0.0703 e. The Kier molecular flexibility index (Phi) is 57.0. The van der Waals surface area contributed by atoms with E-state index in [1.807, 2.05) is 27.7 Å². The van der Waals surface area contributed by atoms with Gasteiger partial charge in [0.05, 0.1) is 78.3 Å². The first-order chi connectivity index (χ1) is 12.5. The van der Waals surface area contributed by atoms with Crippen molar-refractivity contribution in [2.24, 2.45) is 0 Å². The predicted molar refractivity (Wildman–Crippen MR) is 130 cm³/mol. The highest BCUT2D eigenvalue weighted by Gasteiger charge is 1.94. The molecule has 1 N–H and O–H groups in total. The Morgan fingerprint density at radius 2 is 0.800 bits per heavy atom. The highest BCUT2D eigenvalue weighted by Crippen LogP contribution is 1.88. The lowest BCUT2D eigenvalue weighted by molar-refractivity contribution is -0.00570. The third kappa shape index (κ3) is 50.9. The molecule has 0 aromatic rings. The summed E-state index contributed by atoms with van der Waals surface area (Å²) in [5.74, 6) is 0. The number of hydrogen-bond acceptors (Lipinski definition) is 7. The summed E-state index contributed by atoms with van der Waals surface area (Å²) >= 11 is 0. The van der Waals surface area contributed by atoms with Crippen LogP contribution in [0.2, 0.25) is 0 Å². The molecule has 0 heterocycles. The molecular formula is C23H58O7. The Balaban J connectivity index is -0.0000000847. The second kappa shape index (κ2) is 39.2. The third-order valence-corrected chi connectivity index (χ3v) is 2.69. The van der Waals surface area contributed by atoms with Crippen molar-refractivity contribution >= 4 is 0 Å². The zero-order valence-corrected chi connectivity index (χ0v) is 17.5. The van der Waals surface area contributed by atoms with Gasteiger partial charge in [0.15, 0.2) is 0 Å². The number of hydrogen-bond donors (Lipinski definition) is 1. The molecule has 0 amide bonds. The lowest BCUT2D eigenvalue weighted by Gasteiger charge is -2.08. The van der Waals surface area contributed by atoms with Gasteiger partial charge in [-0.25, -0.2) is 0 Å². The fourth-order valence-corrected chi connectivity index (χ4v) is 1.54. The standard InChI is InChI=1S/C10H22O3.C9H20O4.4CH4/c1-4-5-11-6-7-12-8-9-13-10(2)3;1-9(2)13-8-7-12-6-5-11-4-3-10;;;;/h10H,4-9H2,1-3H3;9-10H,3-8H2,1-2H3;4*1H4. The van der Waals surface area contributed by atoms with Crippen LogP contribution in [0.5, 0.6) is 0 Å². The Morgan fingerprint density at radius 1 is 0.500 bits per heavy atom. The molecule has 0 spiro atoms. The molecule has 0 aliphatic rings. The molecule has 7 heteroatoms. The van der Waals surface area contributed by atoms with E-state index < -0.39 is 0 Å². The molecule has 30 heavy (non-hydrogen) atoms. The maximum absolute atomic E-state index is 8.38. The summed E-state index contributed by atoms with van der Waals surface area (Å²) in [4.78, 5) is 0. The van der Waals surface area contributed by atoms with Crippen LogP contribution in [0.15, 0.2) is 0 Å². The van der Waals surface area contributed by atoms with E-state index in [9.17, 15) is 0 Å². The van der Waals surface area contributed by atoms with Gasteiger partial charge in [-0.1, -0.05) is 36.6 Å². The minimum absolute atomic E-state index is 0. The van der Waals surface area contributed by atoms with Crippen LogP contribution in [-0.4, -0.2) is 90.0 Å². The lowest BCUT2D eigenvalue weighted by atomic mass is 10.5. The average Bonchev–Trinajstić information content (AvgIpc) is 2.60. The molecule has 0 radical (unpaired) electrons. The number of rotatable bonds is 18. The van der Waals surface area contributed by atoms with Crippen molar-refractivity contribution in [1.82, 2.24) is 0 Å². The quantitative estimate of drug-likeness (QED) is 0.302. The van der Waals surface area contributed by atoms with Crippen LogP contribution < -0.4 is 0 Å². The topological polar surface area (TPSA) is 75.6 Å². The van der Waals surface area contributed by atoms with E-state index in [0.717, 1.165) is 13.0 Å². The summed E-state index contributed by atoms with van der Waals surface area (Å²) in [5, 5.41) is 8.38. The first-order valence-corrected chi connectivity index (χ1v) is 9.69. The molecule has 0 saturated heterocycles. The van der Waals surface area contributed by atoms with Crippen LogP contribution in [-0.2, 0) is 28.4 Å². The lowest BCUT2D eigenvalue weighted by Crippen LogP contribution is -2.12. The summed E-state index contributed by atoms with van der Waals surface area (Å²) in [6.45, 7) is 16.4. The minimum Gasteiger partial charge on any atom is -0.394 e. The van der Waals surface area contributed by atoms with Crippen molar-refractivity contribution in [2.45, 2.75) is 83.0 Å². The van der Waals surface area contributed by atoms with E-state index in [0.29, 0.717) is 65.6 Å². The van der Waals surface area contributed by atoms with Gasteiger partial charge in [-0.3, -0.25) is 0 Å². The number of ether oxygens (including phenoxy) is 6. The highest BCUT2D eigenvalue weighted by molar-refractivity contribution is 4.38. The smallest absolute Gasteiger partial charge is 0.0703 e. The summed E-state index contributed by atoms with van der Waals surface area (Å²) in [7, 11) is 0. The van der Waals surface area contributed by atoms with E-state index >= 15 is 0 Å². The second-order valence-electron chi connectivity index (χ2n) is 6.01. The molecular weight excluding hydrogens is 388 g/mol. The van der Waals surface area contributed by atoms with E-state index in [2.05, 4.69) is 6.92 Å². The van der Waals surface area contributed by atoms with E-state index in [-0.39, 0.29) is 42.4 Å². The molecule has 0 aromatic heterocycles. The molecule has 0 saturated carbocycles. The number of aliphatic hydroxyl groups excluding tert-OH is 1. The zero-order valence-electron chi connectivity index (χ0n) is 17.5. The monoisotopic (exact) mass is 446 g/mol. The van der Waals surface area contributed by atoms with Gasteiger partial charge in [0, 0.05) is 6.61 Å². The van der Waals surface area contributed by atoms with E-state index in [4.69, 9.17) is 33.5 Å². The van der Waals surface area contributed by atoms with Gasteiger partial charge in [0.1, 0.15) is 0 Å². The molecule has 7 nitrogen and oxygen atoms in total. The molecule has 0 aliphatic carbocycles. The van der Waals surface area contributed by atoms with Gasteiger partial charge in [0.2, 0.25) is 0 Å². The Labute approximate surface area is 189 Å². The van der Waals surface area contributed by atoms with Crippen LogP contribution in [0, 0.1) is 0 Å². The summed E-state index contributed by atoms with van der Waals surface area (Å²) in [5.41, 5.74) is 0. The fourth-order valence-electron chi connectivity index (χ4n) is 1.54. The van der Waals surface area contributed by atoms with Crippen LogP contribution in [0.25, 0.3) is 0 Å². The minimum atomic E-state index is 0. The van der Waals surface area contributed by atoms with Gasteiger partial charge in [0.25, 0.3) is 0 Å². The van der Waals surface area contributed by atoms with Crippen molar-refractivity contribution in [3.8, 4) is 0 Å². The first kappa shape index (κ1) is 43.6. The van der Waals surface area contributed by atoms with Crippen LogP contribution in [0.4, 0.5) is 0 Å². The van der Waals surface area contributed by atoms with Crippen LogP contribution in [0.3, 0.4) is 0 Å². The molecule has 0 bridgehead atoms. The maximum atomic E-state index is 8.38. The second-order valence-corrected chi connectivity index (χ2v) is 6.01. The summed E-state index contributed by atoms with van der Waals surface area (Å²) < 4.78 is 31.3. The van der Waals surface area contributed by atoms with Crippen LogP contribution >= 0.6 is 0 Å².